The summed E-state index contributed by atoms with van der Waals surface area (Å²) in [5, 5.41) is 12.1. The van der Waals surface area contributed by atoms with Gasteiger partial charge in [-0.25, -0.2) is 9.59 Å². The first-order chi connectivity index (χ1) is 9.86. The zero-order chi connectivity index (χ0) is 15.6. The Kier molecular flexibility index (Phi) is 4.69. The van der Waals surface area contributed by atoms with Crippen molar-refractivity contribution in [3.63, 3.8) is 0 Å². The van der Waals surface area contributed by atoms with Crippen LogP contribution in [0.2, 0.25) is 5.02 Å². The maximum Gasteiger partial charge on any atom is 0.337 e. The van der Waals surface area contributed by atoms with E-state index in [4.69, 9.17) is 21.4 Å². The number of benzene rings is 1. The lowest BCUT2D eigenvalue weighted by molar-refractivity contribution is -0.0530. The number of morpholine rings is 1. The Morgan fingerprint density at radius 1 is 1.33 bits per heavy atom. The molecule has 0 radical (unpaired) electrons. The van der Waals surface area contributed by atoms with Crippen molar-refractivity contribution >= 4 is 29.3 Å². The summed E-state index contributed by atoms with van der Waals surface area (Å²) < 4.78 is 5.56. The molecule has 2 unspecified atom stereocenters. The van der Waals surface area contributed by atoms with Crippen LogP contribution in [-0.4, -0.2) is 47.3 Å². The molecule has 2 atom stereocenters. The van der Waals surface area contributed by atoms with Gasteiger partial charge in [-0.15, -0.1) is 0 Å². The number of carbonyl (C=O) groups is 2. The maximum absolute atomic E-state index is 12.3. The highest BCUT2D eigenvalue weighted by atomic mass is 35.5. The van der Waals surface area contributed by atoms with Gasteiger partial charge in [0.05, 0.1) is 23.5 Å². The van der Waals surface area contributed by atoms with Gasteiger partial charge in [-0.05, 0) is 32.0 Å². The monoisotopic (exact) mass is 312 g/mol. The molecule has 6 nitrogen and oxygen atoms in total. The molecule has 1 fully saturated rings. The van der Waals surface area contributed by atoms with Crippen molar-refractivity contribution < 1.29 is 19.4 Å². The van der Waals surface area contributed by atoms with Crippen LogP contribution in [0.15, 0.2) is 18.2 Å². The van der Waals surface area contributed by atoms with Crippen molar-refractivity contribution in [1.29, 1.82) is 0 Å². The van der Waals surface area contributed by atoms with E-state index in [-0.39, 0.29) is 29.5 Å². The molecule has 0 aromatic heterocycles. The fourth-order valence-electron chi connectivity index (χ4n) is 2.34. The molecule has 2 amide bonds. The van der Waals surface area contributed by atoms with Gasteiger partial charge in [0, 0.05) is 18.1 Å². The average molecular weight is 313 g/mol. The van der Waals surface area contributed by atoms with Crippen LogP contribution in [0, 0.1) is 0 Å². The summed E-state index contributed by atoms with van der Waals surface area (Å²) in [4.78, 5) is 25.0. The molecule has 1 aromatic rings. The van der Waals surface area contributed by atoms with Gasteiger partial charge in [0.15, 0.2) is 0 Å². The highest BCUT2D eigenvalue weighted by Gasteiger charge is 2.26. The normalized spacial score (nSPS) is 22.0. The summed E-state index contributed by atoms with van der Waals surface area (Å²) in [6, 6.07) is 3.91. The summed E-state index contributed by atoms with van der Waals surface area (Å²) in [7, 11) is 0. The number of hydrogen-bond donors (Lipinski definition) is 2. The number of carbonyl (C=O) groups excluding carboxylic acids is 1. The van der Waals surface area contributed by atoms with E-state index in [9.17, 15) is 9.59 Å². The number of nitrogens with zero attached hydrogens (tertiary/aromatic N) is 1. The number of hydrogen-bond acceptors (Lipinski definition) is 3. The number of ether oxygens (including phenoxy) is 1. The van der Waals surface area contributed by atoms with Crippen molar-refractivity contribution in [2.75, 3.05) is 18.4 Å². The third-order valence-electron chi connectivity index (χ3n) is 3.16. The molecule has 21 heavy (non-hydrogen) atoms. The molecule has 1 aliphatic rings. The second-order valence-electron chi connectivity index (χ2n) is 5.09. The Morgan fingerprint density at radius 3 is 2.52 bits per heavy atom. The molecule has 1 aliphatic heterocycles. The van der Waals surface area contributed by atoms with Crippen molar-refractivity contribution in [2.45, 2.75) is 26.1 Å². The molecule has 1 saturated heterocycles. The van der Waals surface area contributed by atoms with Gasteiger partial charge < -0.3 is 20.1 Å². The quantitative estimate of drug-likeness (QED) is 0.880. The second-order valence-corrected chi connectivity index (χ2v) is 5.52. The van der Waals surface area contributed by atoms with Crippen LogP contribution in [0.4, 0.5) is 10.5 Å². The number of nitrogens with one attached hydrogen (secondary N) is 1. The molecule has 1 aromatic carbocycles. The van der Waals surface area contributed by atoms with Crippen LogP contribution in [0.5, 0.6) is 0 Å². The van der Waals surface area contributed by atoms with Crippen LogP contribution in [0.25, 0.3) is 0 Å². The van der Waals surface area contributed by atoms with Crippen LogP contribution < -0.4 is 5.32 Å². The van der Waals surface area contributed by atoms with E-state index in [1.165, 1.54) is 18.2 Å². The number of rotatable bonds is 2. The minimum Gasteiger partial charge on any atom is -0.478 e. The predicted molar refractivity (Wildman–Crippen MR) is 79.0 cm³/mol. The summed E-state index contributed by atoms with van der Waals surface area (Å²) in [5.41, 5.74) is 0.189. The number of carboxylic acid groups (broad SMARTS) is 1. The Bertz CT molecular complexity index is 554. The first kappa shape index (κ1) is 15.6. The van der Waals surface area contributed by atoms with Gasteiger partial charge in [0.1, 0.15) is 0 Å². The highest BCUT2D eigenvalue weighted by Crippen LogP contribution is 2.22. The molecule has 7 heteroatoms. The van der Waals surface area contributed by atoms with Crippen LogP contribution >= 0.6 is 11.6 Å². The number of halogens is 1. The van der Waals surface area contributed by atoms with E-state index in [0.29, 0.717) is 18.1 Å². The smallest absolute Gasteiger partial charge is 0.337 e. The summed E-state index contributed by atoms with van der Waals surface area (Å²) >= 11 is 5.86. The molecule has 0 spiro atoms. The number of anilines is 1. The zero-order valence-corrected chi connectivity index (χ0v) is 12.6. The van der Waals surface area contributed by atoms with Crippen molar-refractivity contribution in [1.82, 2.24) is 4.90 Å². The predicted octanol–water partition coefficient (Wildman–Crippen LogP) is 2.68. The summed E-state index contributed by atoms with van der Waals surface area (Å²) in [6.45, 7) is 4.69. The summed E-state index contributed by atoms with van der Waals surface area (Å²) in [5.74, 6) is -1.12. The average Bonchev–Trinajstić information content (AvgIpc) is 2.37. The van der Waals surface area contributed by atoms with E-state index in [1.54, 1.807) is 4.90 Å². The number of aromatic carboxylic acids is 1. The molecular weight excluding hydrogens is 296 g/mol. The number of amides is 2. The van der Waals surface area contributed by atoms with Crippen molar-refractivity contribution in [3.05, 3.63) is 28.8 Å². The maximum atomic E-state index is 12.3. The highest BCUT2D eigenvalue weighted by molar-refractivity contribution is 6.31. The molecule has 114 valence electrons. The minimum atomic E-state index is -1.12. The molecule has 2 rings (SSSR count). The molecule has 1 heterocycles. The lowest BCUT2D eigenvalue weighted by atomic mass is 10.2. The Morgan fingerprint density at radius 2 is 1.95 bits per heavy atom. The third-order valence-corrected chi connectivity index (χ3v) is 3.40. The number of carboxylic acids is 1. The summed E-state index contributed by atoms with van der Waals surface area (Å²) in [6.07, 6.45) is -0.115. The second kappa shape index (κ2) is 6.32. The largest absolute Gasteiger partial charge is 0.478 e. The van der Waals surface area contributed by atoms with Gasteiger partial charge in [0.2, 0.25) is 0 Å². The van der Waals surface area contributed by atoms with Crippen molar-refractivity contribution in [2.24, 2.45) is 0 Å². The first-order valence-electron chi connectivity index (χ1n) is 6.61. The van der Waals surface area contributed by atoms with Gasteiger partial charge in [-0.1, -0.05) is 11.6 Å². The van der Waals surface area contributed by atoms with Crippen molar-refractivity contribution in [3.8, 4) is 0 Å². The van der Waals surface area contributed by atoms with Gasteiger partial charge in [-0.2, -0.15) is 0 Å². The standard InChI is InChI=1S/C14H17ClN2O4/c1-8-6-17(7-9(2)21-8)14(20)16-12-5-10(15)3-4-11(12)13(18)19/h3-5,8-9H,6-7H2,1-2H3,(H,16,20)(H,18,19). The first-order valence-corrected chi connectivity index (χ1v) is 6.99. The fraction of sp³-hybridized carbons (Fsp3) is 0.429. The SMILES string of the molecule is CC1CN(C(=O)Nc2cc(Cl)ccc2C(=O)O)CC(C)O1. The van der Waals surface area contributed by atoms with Crippen LogP contribution in [0.3, 0.4) is 0 Å². The zero-order valence-electron chi connectivity index (χ0n) is 11.8. The minimum absolute atomic E-state index is 0.00195. The lowest BCUT2D eigenvalue weighted by Gasteiger charge is -2.35. The molecule has 2 N–H and O–H groups in total. The molecule has 0 saturated carbocycles. The molecular formula is C14H17ClN2O4. The van der Waals surface area contributed by atoms with E-state index in [0.717, 1.165) is 0 Å². The van der Waals surface area contributed by atoms with E-state index >= 15 is 0 Å². The van der Waals surface area contributed by atoms with E-state index in [1.807, 2.05) is 13.8 Å². The molecule has 0 bridgehead atoms. The van der Waals surface area contributed by atoms with Gasteiger partial charge in [-0.3, -0.25) is 0 Å². The number of urea groups is 1. The van der Waals surface area contributed by atoms with E-state index < -0.39 is 5.97 Å². The van der Waals surface area contributed by atoms with E-state index in [2.05, 4.69) is 5.32 Å². The topological polar surface area (TPSA) is 78.9 Å². The lowest BCUT2D eigenvalue weighted by Crippen LogP contribution is -2.49. The Labute approximate surface area is 127 Å². The van der Waals surface area contributed by atoms with Crippen LogP contribution in [-0.2, 0) is 4.74 Å². The fourth-order valence-corrected chi connectivity index (χ4v) is 2.52. The van der Waals surface area contributed by atoms with Gasteiger partial charge >= 0.3 is 12.0 Å². The van der Waals surface area contributed by atoms with Gasteiger partial charge in [0.25, 0.3) is 0 Å². The Hall–Kier alpha value is -1.79. The van der Waals surface area contributed by atoms with Crippen LogP contribution in [0.1, 0.15) is 24.2 Å². The molecule has 0 aliphatic carbocycles. The third kappa shape index (κ3) is 3.86. The Balaban J connectivity index is 2.16.